The lowest BCUT2D eigenvalue weighted by atomic mass is 9.93. The molecular weight excluding hydrogens is 306 g/mol. The van der Waals surface area contributed by atoms with Crippen LogP contribution in [0, 0.1) is 11.8 Å². The largest absolute Gasteiger partial charge is 0.342 e. The molecule has 2 aliphatic heterocycles. The molecule has 2 fully saturated rings. The van der Waals surface area contributed by atoms with Crippen LogP contribution in [-0.4, -0.2) is 42.0 Å². The molecule has 0 radical (unpaired) electrons. The van der Waals surface area contributed by atoms with Gasteiger partial charge in [0.15, 0.2) is 0 Å². The van der Waals surface area contributed by atoms with E-state index in [1.807, 2.05) is 17.4 Å². The van der Waals surface area contributed by atoms with Gasteiger partial charge in [-0.25, -0.2) is 4.98 Å². The van der Waals surface area contributed by atoms with E-state index in [-0.39, 0.29) is 5.92 Å². The molecule has 1 aromatic carbocycles. The molecule has 0 spiro atoms. The number of thiazole rings is 1. The number of fused-ring (bicyclic) bond motifs is 1. The molecule has 2 atom stereocenters. The summed E-state index contributed by atoms with van der Waals surface area (Å²) in [6, 6.07) is 8.35. The molecular formula is C18H23N3OS. The predicted molar refractivity (Wildman–Crippen MR) is 93.7 cm³/mol. The van der Waals surface area contributed by atoms with E-state index in [0.717, 1.165) is 44.5 Å². The first-order valence-electron chi connectivity index (χ1n) is 8.57. The topological polar surface area (TPSA) is 45.2 Å². The van der Waals surface area contributed by atoms with Crippen LogP contribution >= 0.6 is 11.3 Å². The van der Waals surface area contributed by atoms with Crippen LogP contribution in [0.3, 0.4) is 0 Å². The second-order valence-electron chi connectivity index (χ2n) is 6.86. The number of likely N-dealkylation sites (tertiary alicyclic amines) is 1. The number of hydrogen-bond acceptors (Lipinski definition) is 4. The van der Waals surface area contributed by atoms with Crippen LogP contribution in [0.25, 0.3) is 10.2 Å². The normalized spacial score (nSPS) is 26.0. The molecule has 0 unspecified atom stereocenters. The molecule has 4 rings (SSSR count). The SMILES string of the molecule is C[C@@H]1CNC[C@H]1C(=O)N1CCC(c2nc3ccccc3s2)CC1. The predicted octanol–water partition coefficient (Wildman–Crippen LogP) is 2.86. The van der Waals surface area contributed by atoms with Gasteiger partial charge in [0.2, 0.25) is 5.91 Å². The van der Waals surface area contributed by atoms with Gasteiger partial charge in [-0.05, 0) is 37.4 Å². The highest BCUT2D eigenvalue weighted by atomic mass is 32.1. The monoisotopic (exact) mass is 329 g/mol. The Hall–Kier alpha value is -1.46. The van der Waals surface area contributed by atoms with E-state index in [1.165, 1.54) is 9.71 Å². The van der Waals surface area contributed by atoms with E-state index >= 15 is 0 Å². The number of aromatic nitrogens is 1. The van der Waals surface area contributed by atoms with Crippen molar-refractivity contribution in [2.24, 2.45) is 11.8 Å². The lowest BCUT2D eigenvalue weighted by molar-refractivity contribution is -0.137. The third-order valence-electron chi connectivity index (χ3n) is 5.30. The van der Waals surface area contributed by atoms with E-state index in [2.05, 4.69) is 35.3 Å². The van der Waals surface area contributed by atoms with Gasteiger partial charge < -0.3 is 10.2 Å². The summed E-state index contributed by atoms with van der Waals surface area (Å²) in [5.41, 5.74) is 1.11. The Morgan fingerprint density at radius 3 is 2.74 bits per heavy atom. The Morgan fingerprint density at radius 1 is 1.26 bits per heavy atom. The number of nitrogens with one attached hydrogen (secondary N) is 1. The third-order valence-corrected chi connectivity index (χ3v) is 6.50. The van der Waals surface area contributed by atoms with Gasteiger partial charge in [0.25, 0.3) is 0 Å². The maximum Gasteiger partial charge on any atom is 0.227 e. The maximum atomic E-state index is 12.7. The zero-order valence-corrected chi connectivity index (χ0v) is 14.3. The lowest BCUT2D eigenvalue weighted by Gasteiger charge is -2.33. The number of para-hydroxylation sites is 1. The van der Waals surface area contributed by atoms with E-state index < -0.39 is 0 Å². The first-order valence-corrected chi connectivity index (χ1v) is 9.39. The second kappa shape index (κ2) is 6.21. The molecule has 3 heterocycles. The fraction of sp³-hybridized carbons (Fsp3) is 0.556. The molecule has 0 aliphatic carbocycles. The Bertz CT molecular complexity index is 672. The Labute approximate surface area is 140 Å². The smallest absolute Gasteiger partial charge is 0.227 e. The minimum absolute atomic E-state index is 0.175. The van der Waals surface area contributed by atoms with Crippen LogP contribution in [0.15, 0.2) is 24.3 Å². The average Bonchev–Trinajstić information content (AvgIpc) is 3.20. The van der Waals surface area contributed by atoms with Crippen molar-refractivity contribution in [3.05, 3.63) is 29.3 Å². The molecule has 0 saturated carbocycles. The molecule has 5 heteroatoms. The number of piperidine rings is 1. The standard InChI is InChI=1S/C18H23N3OS/c1-12-10-19-11-14(12)18(22)21-8-6-13(7-9-21)17-20-15-4-2-3-5-16(15)23-17/h2-5,12-14,19H,6-11H2,1H3/t12-,14-/m1/s1. The summed E-state index contributed by atoms with van der Waals surface area (Å²) in [5.74, 6) is 1.50. The fourth-order valence-electron chi connectivity index (χ4n) is 3.79. The van der Waals surface area contributed by atoms with Crippen molar-refractivity contribution in [2.45, 2.75) is 25.7 Å². The van der Waals surface area contributed by atoms with Crippen LogP contribution < -0.4 is 5.32 Å². The van der Waals surface area contributed by atoms with Crippen LogP contribution in [0.1, 0.15) is 30.7 Å². The summed E-state index contributed by atoms with van der Waals surface area (Å²) in [6.07, 6.45) is 2.08. The summed E-state index contributed by atoms with van der Waals surface area (Å²) < 4.78 is 1.27. The van der Waals surface area contributed by atoms with Gasteiger partial charge in [-0.15, -0.1) is 11.3 Å². The quantitative estimate of drug-likeness (QED) is 0.921. The van der Waals surface area contributed by atoms with Gasteiger partial charge in [-0.2, -0.15) is 0 Å². The highest BCUT2D eigenvalue weighted by Crippen LogP contribution is 2.34. The molecule has 122 valence electrons. The molecule has 4 nitrogen and oxygen atoms in total. The van der Waals surface area contributed by atoms with Gasteiger partial charge in [0, 0.05) is 25.6 Å². The summed E-state index contributed by atoms with van der Waals surface area (Å²) in [5, 5.41) is 4.58. The van der Waals surface area contributed by atoms with Crippen LogP contribution in [0.5, 0.6) is 0 Å². The zero-order valence-electron chi connectivity index (χ0n) is 13.5. The Balaban J connectivity index is 1.41. The summed E-state index contributed by atoms with van der Waals surface area (Å²) in [7, 11) is 0. The van der Waals surface area contributed by atoms with E-state index in [4.69, 9.17) is 4.98 Å². The maximum absolute atomic E-state index is 12.7. The van der Waals surface area contributed by atoms with Crippen LogP contribution in [0.4, 0.5) is 0 Å². The molecule has 1 N–H and O–H groups in total. The Morgan fingerprint density at radius 2 is 2.04 bits per heavy atom. The first kappa shape index (κ1) is 15.1. The van der Waals surface area contributed by atoms with Crippen LogP contribution in [0.2, 0.25) is 0 Å². The van der Waals surface area contributed by atoms with Gasteiger partial charge >= 0.3 is 0 Å². The van der Waals surface area contributed by atoms with Crippen molar-refractivity contribution in [3.63, 3.8) is 0 Å². The van der Waals surface area contributed by atoms with Gasteiger partial charge in [0.05, 0.1) is 21.1 Å². The number of carbonyl (C=O) groups is 1. The van der Waals surface area contributed by atoms with Gasteiger partial charge in [0.1, 0.15) is 0 Å². The van der Waals surface area contributed by atoms with Gasteiger partial charge in [-0.1, -0.05) is 19.1 Å². The number of carbonyl (C=O) groups excluding carboxylic acids is 1. The van der Waals surface area contributed by atoms with Crippen molar-refractivity contribution in [1.29, 1.82) is 0 Å². The fourth-order valence-corrected chi connectivity index (χ4v) is 4.92. The second-order valence-corrected chi connectivity index (χ2v) is 7.92. The van der Waals surface area contributed by atoms with Gasteiger partial charge in [-0.3, -0.25) is 4.79 Å². The molecule has 2 aromatic rings. The number of amides is 1. The molecule has 23 heavy (non-hydrogen) atoms. The lowest BCUT2D eigenvalue weighted by Crippen LogP contribution is -2.43. The molecule has 0 bridgehead atoms. The summed E-state index contributed by atoms with van der Waals surface area (Å²) >= 11 is 1.81. The van der Waals surface area contributed by atoms with Crippen LogP contribution in [-0.2, 0) is 4.79 Å². The summed E-state index contributed by atoms with van der Waals surface area (Å²) in [6.45, 7) is 5.75. The van der Waals surface area contributed by atoms with Crippen molar-refractivity contribution < 1.29 is 4.79 Å². The average molecular weight is 329 g/mol. The van der Waals surface area contributed by atoms with Crippen molar-refractivity contribution in [2.75, 3.05) is 26.2 Å². The number of nitrogens with zero attached hydrogens (tertiary/aromatic N) is 2. The van der Waals surface area contributed by atoms with E-state index in [1.54, 1.807) is 0 Å². The van der Waals surface area contributed by atoms with Crippen molar-refractivity contribution >= 4 is 27.5 Å². The highest BCUT2D eigenvalue weighted by molar-refractivity contribution is 7.18. The van der Waals surface area contributed by atoms with Crippen molar-refractivity contribution in [1.82, 2.24) is 15.2 Å². The third kappa shape index (κ3) is 2.88. The summed E-state index contributed by atoms with van der Waals surface area (Å²) in [4.78, 5) is 19.5. The van der Waals surface area contributed by atoms with E-state index in [9.17, 15) is 4.79 Å². The molecule has 2 saturated heterocycles. The number of hydrogen-bond donors (Lipinski definition) is 1. The minimum atomic E-state index is 0.175. The molecule has 2 aliphatic rings. The highest BCUT2D eigenvalue weighted by Gasteiger charge is 2.34. The number of benzene rings is 1. The van der Waals surface area contributed by atoms with Crippen molar-refractivity contribution in [3.8, 4) is 0 Å². The number of rotatable bonds is 2. The van der Waals surface area contributed by atoms with E-state index in [0.29, 0.717) is 17.7 Å². The minimum Gasteiger partial charge on any atom is -0.342 e. The molecule has 1 aromatic heterocycles. The zero-order chi connectivity index (χ0) is 15.8. The first-order chi connectivity index (χ1) is 11.2. The molecule has 1 amide bonds. The Kier molecular flexibility index (Phi) is 4.07.